The van der Waals surface area contributed by atoms with Gasteiger partial charge < -0.3 is 5.11 Å². The summed E-state index contributed by atoms with van der Waals surface area (Å²) in [4.78, 5) is 25.0. The molecule has 1 N–H and O–H groups in total. The van der Waals surface area contributed by atoms with E-state index in [0.29, 0.717) is 22.9 Å². The number of amidine groups is 1. The smallest absolute Gasteiger partial charge is 0.278 e. The molecule has 1 saturated heterocycles. The molecule has 0 atom stereocenters. The van der Waals surface area contributed by atoms with Crippen LogP contribution in [-0.2, 0) is 10.4 Å². The van der Waals surface area contributed by atoms with E-state index < -0.39 is 5.60 Å². The standard InChI is InChI=1S/C17H21N5O2/c1-6-10-21-16(23)12(11-18-4)15(19-5)22(21)14-9-7-8-13(20-14)17(2,3)24/h6-9,11,24H,1,4,10H2,2-3,5H3/b12-11+,19-15?. The van der Waals surface area contributed by atoms with Crippen molar-refractivity contribution in [1.29, 1.82) is 0 Å². The van der Waals surface area contributed by atoms with E-state index in [0.717, 1.165) is 0 Å². The molecule has 1 aromatic heterocycles. The second kappa shape index (κ2) is 6.76. The lowest BCUT2D eigenvalue weighted by atomic mass is 10.1. The van der Waals surface area contributed by atoms with Crippen molar-refractivity contribution in [2.45, 2.75) is 19.4 Å². The van der Waals surface area contributed by atoms with Gasteiger partial charge in [0.1, 0.15) is 11.2 Å². The number of hydrogen-bond acceptors (Lipinski definition) is 5. The van der Waals surface area contributed by atoms with E-state index in [9.17, 15) is 9.90 Å². The molecule has 1 fully saturated rings. The van der Waals surface area contributed by atoms with Crippen LogP contribution in [0.3, 0.4) is 0 Å². The molecule has 0 unspecified atom stereocenters. The van der Waals surface area contributed by atoms with E-state index in [1.807, 2.05) is 0 Å². The molecule has 0 aliphatic carbocycles. The van der Waals surface area contributed by atoms with Crippen molar-refractivity contribution >= 4 is 24.3 Å². The number of hydrazine groups is 1. The lowest BCUT2D eigenvalue weighted by molar-refractivity contribution is -0.124. The van der Waals surface area contributed by atoms with Crippen LogP contribution >= 0.6 is 0 Å². The molecule has 2 heterocycles. The quantitative estimate of drug-likeness (QED) is 0.507. The number of carbonyl (C=O) groups excluding carboxylic acids is 1. The highest BCUT2D eigenvalue weighted by Gasteiger charge is 2.40. The second-order valence-corrected chi connectivity index (χ2v) is 5.70. The summed E-state index contributed by atoms with van der Waals surface area (Å²) < 4.78 is 0. The molecule has 0 aromatic carbocycles. The predicted molar refractivity (Wildman–Crippen MR) is 94.9 cm³/mol. The Hall–Kier alpha value is -2.80. The monoisotopic (exact) mass is 327 g/mol. The van der Waals surface area contributed by atoms with Gasteiger partial charge in [-0.3, -0.25) is 14.8 Å². The summed E-state index contributed by atoms with van der Waals surface area (Å²) in [5.74, 6) is 0.617. The molecule has 7 heteroatoms. The van der Waals surface area contributed by atoms with Crippen molar-refractivity contribution in [2.75, 3.05) is 18.6 Å². The summed E-state index contributed by atoms with van der Waals surface area (Å²) in [7, 11) is 1.59. The van der Waals surface area contributed by atoms with Gasteiger partial charge in [0.2, 0.25) is 0 Å². The number of amides is 1. The number of aliphatic hydroxyl groups is 1. The predicted octanol–water partition coefficient (Wildman–Crippen LogP) is 1.67. The zero-order valence-corrected chi connectivity index (χ0v) is 14.1. The molecular weight excluding hydrogens is 306 g/mol. The van der Waals surface area contributed by atoms with Gasteiger partial charge in [-0.1, -0.05) is 12.1 Å². The third-order valence-electron chi connectivity index (χ3n) is 3.46. The molecule has 0 saturated carbocycles. The number of aliphatic imine (C=N–C) groups is 2. The van der Waals surface area contributed by atoms with Gasteiger partial charge in [-0.15, -0.1) is 6.58 Å². The first-order chi connectivity index (χ1) is 11.3. The molecule has 7 nitrogen and oxygen atoms in total. The van der Waals surface area contributed by atoms with Crippen LogP contribution in [0.15, 0.2) is 52.6 Å². The van der Waals surface area contributed by atoms with Gasteiger partial charge >= 0.3 is 0 Å². The summed E-state index contributed by atoms with van der Waals surface area (Å²) in [6.45, 7) is 10.7. The Balaban J connectivity index is 2.60. The Bertz CT molecular complexity index is 731. The van der Waals surface area contributed by atoms with Crippen LogP contribution in [0.2, 0.25) is 0 Å². The van der Waals surface area contributed by atoms with Gasteiger partial charge in [-0.25, -0.2) is 15.0 Å². The highest BCUT2D eigenvalue weighted by Crippen LogP contribution is 2.28. The molecule has 0 spiro atoms. The number of nitrogens with zero attached hydrogens (tertiary/aromatic N) is 5. The van der Waals surface area contributed by atoms with Crippen molar-refractivity contribution in [3.05, 3.63) is 48.3 Å². The molecule has 1 amide bonds. The van der Waals surface area contributed by atoms with Crippen molar-refractivity contribution in [2.24, 2.45) is 9.98 Å². The lowest BCUT2D eigenvalue weighted by Crippen LogP contribution is -2.42. The summed E-state index contributed by atoms with van der Waals surface area (Å²) in [5, 5.41) is 13.2. The number of carbonyl (C=O) groups is 1. The fourth-order valence-corrected chi connectivity index (χ4v) is 2.37. The average Bonchev–Trinajstić information content (AvgIpc) is 2.80. The van der Waals surface area contributed by atoms with Gasteiger partial charge in [0.15, 0.2) is 11.7 Å². The third-order valence-corrected chi connectivity index (χ3v) is 3.46. The fraction of sp³-hybridized carbons (Fsp3) is 0.294. The number of aromatic nitrogens is 1. The molecule has 0 radical (unpaired) electrons. The minimum atomic E-state index is -1.10. The average molecular weight is 327 g/mol. The summed E-state index contributed by atoms with van der Waals surface area (Å²) in [6.07, 6.45) is 2.99. The van der Waals surface area contributed by atoms with Crippen LogP contribution in [0.25, 0.3) is 0 Å². The second-order valence-electron chi connectivity index (χ2n) is 5.70. The van der Waals surface area contributed by atoms with Gasteiger partial charge in [-0.05, 0) is 32.7 Å². The first kappa shape index (κ1) is 17.6. The summed E-state index contributed by atoms with van der Waals surface area (Å²) in [6, 6.07) is 5.24. The lowest BCUT2D eigenvalue weighted by Gasteiger charge is -2.28. The van der Waals surface area contributed by atoms with Crippen molar-refractivity contribution in [1.82, 2.24) is 9.99 Å². The van der Waals surface area contributed by atoms with Crippen LogP contribution in [0.1, 0.15) is 19.5 Å². The Labute approximate surface area is 141 Å². The minimum absolute atomic E-state index is 0.265. The van der Waals surface area contributed by atoms with Crippen LogP contribution in [0, 0.1) is 0 Å². The Kier molecular flexibility index (Phi) is 4.94. The first-order valence-electron chi connectivity index (χ1n) is 7.41. The summed E-state index contributed by atoms with van der Waals surface area (Å²) in [5.41, 5.74) is -0.293. The van der Waals surface area contributed by atoms with Gasteiger partial charge in [-0.2, -0.15) is 0 Å². The van der Waals surface area contributed by atoms with Gasteiger partial charge in [0.05, 0.1) is 12.2 Å². The third kappa shape index (κ3) is 3.11. The van der Waals surface area contributed by atoms with Crippen molar-refractivity contribution < 1.29 is 9.90 Å². The maximum atomic E-state index is 12.6. The van der Waals surface area contributed by atoms with E-state index in [1.165, 1.54) is 11.2 Å². The Morgan fingerprint density at radius 2 is 2.12 bits per heavy atom. The van der Waals surface area contributed by atoms with Crippen molar-refractivity contribution in [3.63, 3.8) is 0 Å². The number of rotatable bonds is 5. The highest BCUT2D eigenvalue weighted by atomic mass is 16.3. The fourth-order valence-electron chi connectivity index (χ4n) is 2.37. The normalized spacial score (nSPS) is 18.6. The van der Waals surface area contributed by atoms with Crippen molar-refractivity contribution in [3.8, 4) is 0 Å². The van der Waals surface area contributed by atoms with Crippen LogP contribution < -0.4 is 5.01 Å². The first-order valence-corrected chi connectivity index (χ1v) is 7.41. The zero-order chi connectivity index (χ0) is 17.9. The number of hydrogen-bond donors (Lipinski definition) is 1. The molecule has 0 bridgehead atoms. The maximum absolute atomic E-state index is 12.6. The number of pyridine rings is 1. The molecule has 126 valence electrons. The molecule has 1 aliphatic heterocycles. The number of anilines is 1. The highest BCUT2D eigenvalue weighted by molar-refractivity contribution is 6.31. The molecule has 1 aromatic rings. The topological polar surface area (TPSA) is 81.4 Å². The Morgan fingerprint density at radius 1 is 1.42 bits per heavy atom. The molecular formula is C17H21N5O2. The van der Waals surface area contributed by atoms with E-state index in [-0.39, 0.29) is 12.5 Å². The van der Waals surface area contributed by atoms with E-state index in [2.05, 4.69) is 28.3 Å². The maximum Gasteiger partial charge on any atom is 0.278 e. The molecule has 24 heavy (non-hydrogen) atoms. The van der Waals surface area contributed by atoms with E-state index in [1.54, 1.807) is 50.2 Å². The molecule has 2 rings (SSSR count). The van der Waals surface area contributed by atoms with E-state index in [4.69, 9.17) is 0 Å². The minimum Gasteiger partial charge on any atom is -0.384 e. The van der Waals surface area contributed by atoms with Crippen LogP contribution in [0.5, 0.6) is 0 Å². The van der Waals surface area contributed by atoms with E-state index >= 15 is 0 Å². The SMILES string of the molecule is C=CCN1C(=O)/C(=C/N=C)C(=NC)N1c1cccc(C(C)(C)O)n1. The van der Waals surface area contributed by atoms with Crippen LogP contribution in [-0.4, -0.2) is 47.2 Å². The summed E-state index contributed by atoms with van der Waals surface area (Å²) >= 11 is 0. The Morgan fingerprint density at radius 3 is 2.67 bits per heavy atom. The van der Waals surface area contributed by atoms with Gasteiger partial charge in [0, 0.05) is 13.2 Å². The largest absolute Gasteiger partial charge is 0.384 e. The zero-order valence-electron chi connectivity index (χ0n) is 14.1. The molecule has 1 aliphatic rings. The van der Waals surface area contributed by atoms with Gasteiger partial charge in [0.25, 0.3) is 5.91 Å². The van der Waals surface area contributed by atoms with Crippen LogP contribution in [0.4, 0.5) is 5.82 Å².